The number of ether oxygens (including phenoxy) is 1. The Morgan fingerprint density at radius 1 is 1.45 bits per heavy atom. The van der Waals surface area contributed by atoms with Gasteiger partial charge in [-0.3, -0.25) is 0 Å². The first-order chi connectivity index (χ1) is 10.6. The molecule has 2 aromatic heterocycles. The highest BCUT2D eigenvalue weighted by Crippen LogP contribution is 2.37. The van der Waals surface area contributed by atoms with Gasteiger partial charge in [0.05, 0.1) is 12.0 Å². The van der Waals surface area contributed by atoms with Gasteiger partial charge in [0.25, 0.3) is 0 Å². The van der Waals surface area contributed by atoms with Crippen molar-refractivity contribution in [2.45, 2.75) is 46.1 Å². The van der Waals surface area contributed by atoms with Crippen molar-refractivity contribution in [3.05, 3.63) is 16.8 Å². The van der Waals surface area contributed by atoms with E-state index in [1.165, 1.54) is 30.6 Å². The molecular formula is C16H21N3O2S. The molecule has 3 heterocycles. The number of aryl methyl sites for hydroxylation is 1. The van der Waals surface area contributed by atoms with Crippen LogP contribution in [0, 0.1) is 6.92 Å². The average Bonchev–Trinajstić information content (AvgIpc) is 2.86. The van der Waals surface area contributed by atoms with E-state index in [4.69, 9.17) is 4.74 Å². The fraction of sp³-hybridized carbons (Fsp3) is 0.562. The van der Waals surface area contributed by atoms with E-state index in [2.05, 4.69) is 21.8 Å². The lowest BCUT2D eigenvalue weighted by atomic mass is 10.0. The van der Waals surface area contributed by atoms with Crippen LogP contribution in [-0.2, 0) is 4.74 Å². The molecule has 0 amide bonds. The third-order valence-corrected chi connectivity index (χ3v) is 5.42. The molecule has 0 radical (unpaired) electrons. The Hall–Kier alpha value is -1.69. The number of hydrogen-bond donors (Lipinski definition) is 0. The first-order valence-electron chi connectivity index (χ1n) is 7.81. The Morgan fingerprint density at radius 2 is 2.27 bits per heavy atom. The first-order valence-corrected chi connectivity index (χ1v) is 8.63. The van der Waals surface area contributed by atoms with Crippen LogP contribution in [-0.4, -0.2) is 35.1 Å². The van der Waals surface area contributed by atoms with Crippen molar-refractivity contribution in [1.82, 2.24) is 9.97 Å². The largest absolute Gasteiger partial charge is 0.462 e. The molecule has 1 aliphatic rings. The molecule has 0 aliphatic carbocycles. The van der Waals surface area contributed by atoms with E-state index in [-0.39, 0.29) is 5.97 Å². The molecule has 2 aromatic rings. The van der Waals surface area contributed by atoms with Crippen LogP contribution in [0.4, 0.5) is 5.82 Å². The maximum atomic E-state index is 12.1. The van der Waals surface area contributed by atoms with E-state index in [1.54, 1.807) is 6.33 Å². The molecule has 0 saturated carbocycles. The van der Waals surface area contributed by atoms with Crippen molar-refractivity contribution in [2.75, 3.05) is 18.1 Å². The number of piperidine rings is 1. The average molecular weight is 319 g/mol. The number of hydrogen-bond acceptors (Lipinski definition) is 6. The summed E-state index contributed by atoms with van der Waals surface area (Å²) in [5, 5.41) is 1.00. The molecule has 0 N–H and O–H groups in total. The van der Waals surface area contributed by atoms with Gasteiger partial charge in [-0.15, -0.1) is 11.3 Å². The summed E-state index contributed by atoms with van der Waals surface area (Å²) >= 11 is 1.40. The fourth-order valence-corrected chi connectivity index (χ4v) is 4.11. The topological polar surface area (TPSA) is 55.3 Å². The molecule has 0 aromatic carbocycles. The molecule has 118 valence electrons. The molecule has 6 heteroatoms. The van der Waals surface area contributed by atoms with Crippen molar-refractivity contribution in [1.29, 1.82) is 0 Å². The molecule has 1 fully saturated rings. The van der Waals surface area contributed by atoms with Crippen molar-refractivity contribution >= 4 is 33.3 Å². The highest BCUT2D eigenvalue weighted by Gasteiger charge is 2.26. The number of aromatic nitrogens is 2. The minimum atomic E-state index is -0.263. The second kappa shape index (κ2) is 6.20. The van der Waals surface area contributed by atoms with E-state index >= 15 is 0 Å². The van der Waals surface area contributed by atoms with Crippen molar-refractivity contribution in [3.8, 4) is 0 Å². The van der Waals surface area contributed by atoms with Gasteiger partial charge in [-0.05, 0) is 45.6 Å². The Labute approximate surface area is 134 Å². The number of fused-ring (bicyclic) bond motifs is 1. The van der Waals surface area contributed by atoms with Gasteiger partial charge in [0.15, 0.2) is 0 Å². The summed E-state index contributed by atoms with van der Waals surface area (Å²) in [6, 6.07) is 0.470. The Bertz CT molecular complexity index is 698. The standard InChI is InChI=1S/C16H21N3O2S/c1-4-21-16(20)13-11(3)12-14(17-9-18-15(12)22-13)19-8-6-5-7-10(19)2/h9-10H,4-8H2,1-3H3/t10-/m0/s1. The van der Waals surface area contributed by atoms with Gasteiger partial charge in [0.1, 0.15) is 21.9 Å². The van der Waals surface area contributed by atoms with E-state index in [0.717, 1.165) is 28.1 Å². The van der Waals surface area contributed by atoms with Gasteiger partial charge in [0, 0.05) is 12.6 Å². The third kappa shape index (κ3) is 2.56. The summed E-state index contributed by atoms with van der Waals surface area (Å²) < 4.78 is 5.15. The van der Waals surface area contributed by atoms with Crippen LogP contribution in [0.25, 0.3) is 10.2 Å². The predicted molar refractivity (Wildman–Crippen MR) is 88.8 cm³/mol. The summed E-state index contributed by atoms with van der Waals surface area (Å²) in [6.45, 7) is 7.42. The zero-order valence-electron chi connectivity index (χ0n) is 13.3. The first kappa shape index (κ1) is 15.2. The summed E-state index contributed by atoms with van der Waals surface area (Å²) in [6.07, 6.45) is 5.23. The molecule has 0 unspecified atom stereocenters. The number of nitrogens with zero attached hydrogens (tertiary/aromatic N) is 3. The van der Waals surface area contributed by atoms with Crippen LogP contribution < -0.4 is 4.90 Å². The van der Waals surface area contributed by atoms with Crippen molar-refractivity contribution in [3.63, 3.8) is 0 Å². The monoisotopic (exact) mass is 319 g/mol. The molecule has 3 rings (SSSR count). The second-order valence-electron chi connectivity index (χ2n) is 5.69. The molecule has 5 nitrogen and oxygen atoms in total. The third-order valence-electron chi connectivity index (χ3n) is 4.24. The van der Waals surface area contributed by atoms with Crippen LogP contribution in [0.2, 0.25) is 0 Å². The molecule has 1 atom stereocenters. The summed E-state index contributed by atoms with van der Waals surface area (Å²) in [5.41, 5.74) is 0.937. The second-order valence-corrected chi connectivity index (χ2v) is 6.69. The lowest BCUT2D eigenvalue weighted by Crippen LogP contribution is -2.38. The van der Waals surface area contributed by atoms with Crippen LogP contribution in [0.3, 0.4) is 0 Å². The normalized spacial score (nSPS) is 18.7. The Morgan fingerprint density at radius 3 is 3.00 bits per heavy atom. The highest BCUT2D eigenvalue weighted by molar-refractivity contribution is 7.20. The quantitative estimate of drug-likeness (QED) is 0.810. The van der Waals surface area contributed by atoms with Crippen LogP contribution in [0.5, 0.6) is 0 Å². The number of rotatable bonds is 3. The minimum absolute atomic E-state index is 0.263. The Balaban J connectivity index is 2.10. The molecule has 0 bridgehead atoms. The van der Waals surface area contributed by atoms with Gasteiger partial charge in [-0.25, -0.2) is 14.8 Å². The lowest BCUT2D eigenvalue weighted by Gasteiger charge is -2.34. The minimum Gasteiger partial charge on any atom is -0.462 e. The highest BCUT2D eigenvalue weighted by atomic mass is 32.1. The van der Waals surface area contributed by atoms with Gasteiger partial charge in [-0.2, -0.15) is 0 Å². The van der Waals surface area contributed by atoms with E-state index < -0.39 is 0 Å². The molecule has 22 heavy (non-hydrogen) atoms. The number of anilines is 1. The maximum absolute atomic E-state index is 12.1. The Kier molecular flexibility index (Phi) is 4.29. The number of esters is 1. The van der Waals surface area contributed by atoms with E-state index in [0.29, 0.717) is 17.5 Å². The molecule has 1 saturated heterocycles. The molecular weight excluding hydrogens is 298 g/mol. The van der Waals surface area contributed by atoms with E-state index in [1.807, 2.05) is 13.8 Å². The molecule has 0 spiro atoms. The smallest absolute Gasteiger partial charge is 0.348 e. The number of carbonyl (C=O) groups excluding carboxylic acids is 1. The van der Waals surface area contributed by atoms with Crippen molar-refractivity contribution in [2.24, 2.45) is 0 Å². The van der Waals surface area contributed by atoms with E-state index in [9.17, 15) is 4.79 Å². The van der Waals surface area contributed by atoms with Crippen LogP contribution >= 0.6 is 11.3 Å². The van der Waals surface area contributed by atoms with Crippen LogP contribution in [0.1, 0.15) is 48.3 Å². The summed E-state index contributed by atoms with van der Waals surface area (Å²) in [4.78, 5) is 24.9. The molecule has 1 aliphatic heterocycles. The zero-order valence-corrected chi connectivity index (χ0v) is 14.1. The number of carbonyl (C=O) groups is 1. The predicted octanol–water partition coefficient (Wildman–Crippen LogP) is 3.56. The summed E-state index contributed by atoms with van der Waals surface area (Å²) in [5.74, 6) is 0.696. The van der Waals surface area contributed by atoms with Gasteiger partial charge in [-0.1, -0.05) is 0 Å². The summed E-state index contributed by atoms with van der Waals surface area (Å²) in [7, 11) is 0. The SMILES string of the molecule is CCOC(=O)c1sc2ncnc(N3CCCC[C@@H]3C)c2c1C. The maximum Gasteiger partial charge on any atom is 0.348 e. The number of thiophene rings is 1. The van der Waals surface area contributed by atoms with Crippen molar-refractivity contribution < 1.29 is 9.53 Å². The van der Waals surface area contributed by atoms with Crippen LogP contribution in [0.15, 0.2) is 6.33 Å². The fourth-order valence-electron chi connectivity index (χ4n) is 3.07. The van der Waals surface area contributed by atoms with Gasteiger partial charge in [0.2, 0.25) is 0 Å². The van der Waals surface area contributed by atoms with Gasteiger partial charge < -0.3 is 9.64 Å². The van der Waals surface area contributed by atoms with Gasteiger partial charge >= 0.3 is 5.97 Å². The lowest BCUT2D eigenvalue weighted by molar-refractivity contribution is 0.0531. The zero-order chi connectivity index (χ0) is 15.7.